The zero-order valence-corrected chi connectivity index (χ0v) is 9.90. The van der Waals surface area contributed by atoms with E-state index in [1.165, 1.54) is 11.1 Å². The Kier molecular flexibility index (Phi) is 3.33. The van der Waals surface area contributed by atoms with E-state index in [2.05, 4.69) is 6.07 Å². The number of aliphatic carboxylic acids is 1. The smallest absolute Gasteiger partial charge is 0.320 e. The van der Waals surface area contributed by atoms with Gasteiger partial charge in [-0.3, -0.25) is 4.79 Å². The molecule has 0 saturated heterocycles. The summed E-state index contributed by atoms with van der Waals surface area (Å²) in [6.45, 7) is 0. The summed E-state index contributed by atoms with van der Waals surface area (Å²) in [4.78, 5) is 10.8. The summed E-state index contributed by atoms with van der Waals surface area (Å²) >= 11 is 0. The number of ether oxygens (including phenoxy) is 1. The fourth-order valence-corrected chi connectivity index (χ4v) is 2.42. The van der Waals surface area contributed by atoms with E-state index in [1.807, 2.05) is 6.07 Å². The largest absolute Gasteiger partial charge is 0.496 e. The highest BCUT2D eigenvalue weighted by atomic mass is 16.5. The summed E-state index contributed by atoms with van der Waals surface area (Å²) in [5.41, 5.74) is 8.99. The monoisotopic (exact) mass is 235 g/mol. The van der Waals surface area contributed by atoms with Crippen molar-refractivity contribution in [3.8, 4) is 5.75 Å². The normalized spacial score (nSPS) is 15.4. The van der Waals surface area contributed by atoms with Crippen LogP contribution in [0.25, 0.3) is 0 Å². The van der Waals surface area contributed by atoms with Gasteiger partial charge in [0.25, 0.3) is 0 Å². The van der Waals surface area contributed by atoms with Gasteiger partial charge in [0, 0.05) is 6.42 Å². The van der Waals surface area contributed by atoms with Gasteiger partial charge in [-0.2, -0.15) is 0 Å². The lowest BCUT2D eigenvalue weighted by atomic mass is 9.99. The van der Waals surface area contributed by atoms with Gasteiger partial charge in [-0.05, 0) is 36.0 Å². The molecule has 92 valence electrons. The van der Waals surface area contributed by atoms with Gasteiger partial charge in [-0.25, -0.2) is 0 Å². The standard InChI is InChI=1S/C13H17NO3/c1-17-12-9(7-11(14)13(15)16)6-5-8-3-2-4-10(8)12/h5-6,11H,2-4,7,14H2,1H3,(H,15,16). The minimum Gasteiger partial charge on any atom is -0.496 e. The van der Waals surface area contributed by atoms with Gasteiger partial charge in [0.05, 0.1) is 7.11 Å². The lowest BCUT2D eigenvalue weighted by Gasteiger charge is -2.14. The number of benzene rings is 1. The third kappa shape index (κ3) is 2.26. The molecule has 1 unspecified atom stereocenters. The first-order valence-corrected chi connectivity index (χ1v) is 5.79. The van der Waals surface area contributed by atoms with Crippen LogP contribution in [0.3, 0.4) is 0 Å². The number of nitrogens with two attached hydrogens (primary N) is 1. The molecule has 0 radical (unpaired) electrons. The van der Waals surface area contributed by atoms with Crippen molar-refractivity contribution in [2.45, 2.75) is 31.7 Å². The molecule has 0 aromatic heterocycles. The molecular weight excluding hydrogens is 218 g/mol. The molecule has 3 N–H and O–H groups in total. The minimum absolute atomic E-state index is 0.311. The number of fused-ring (bicyclic) bond motifs is 1. The van der Waals surface area contributed by atoms with E-state index in [0.717, 1.165) is 30.6 Å². The fraction of sp³-hybridized carbons (Fsp3) is 0.462. The SMILES string of the molecule is COc1c(CC(N)C(=O)O)ccc2c1CCC2. The number of aryl methyl sites for hydroxylation is 1. The van der Waals surface area contributed by atoms with Gasteiger partial charge in [-0.15, -0.1) is 0 Å². The molecule has 1 aromatic carbocycles. The Balaban J connectivity index is 2.31. The quantitative estimate of drug-likeness (QED) is 0.820. The predicted octanol–water partition coefficient (Wildman–Crippen LogP) is 1.14. The number of carboxylic acids is 1. The van der Waals surface area contributed by atoms with E-state index in [-0.39, 0.29) is 0 Å². The van der Waals surface area contributed by atoms with Crippen LogP contribution in [0.5, 0.6) is 5.75 Å². The average Bonchev–Trinajstić information content (AvgIpc) is 2.76. The molecule has 1 aliphatic carbocycles. The Hall–Kier alpha value is -1.55. The number of hydrogen-bond acceptors (Lipinski definition) is 3. The van der Waals surface area contributed by atoms with Gasteiger partial charge in [0.1, 0.15) is 11.8 Å². The molecule has 0 aliphatic heterocycles. The molecule has 0 fully saturated rings. The molecule has 0 bridgehead atoms. The predicted molar refractivity (Wildman–Crippen MR) is 64.3 cm³/mol. The molecule has 0 amide bonds. The highest BCUT2D eigenvalue weighted by Gasteiger charge is 2.21. The number of carboxylic acid groups (broad SMARTS) is 1. The third-order valence-corrected chi connectivity index (χ3v) is 3.27. The van der Waals surface area contributed by atoms with Crippen molar-refractivity contribution in [3.63, 3.8) is 0 Å². The summed E-state index contributed by atoms with van der Waals surface area (Å²) in [7, 11) is 1.63. The molecule has 4 nitrogen and oxygen atoms in total. The van der Waals surface area contributed by atoms with Crippen LogP contribution in [0.4, 0.5) is 0 Å². The van der Waals surface area contributed by atoms with E-state index >= 15 is 0 Å². The van der Waals surface area contributed by atoms with Crippen molar-refractivity contribution in [1.29, 1.82) is 0 Å². The van der Waals surface area contributed by atoms with E-state index in [0.29, 0.717) is 6.42 Å². The molecule has 2 rings (SSSR count). The van der Waals surface area contributed by atoms with Crippen LogP contribution in [0.1, 0.15) is 23.1 Å². The first-order chi connectivity index (χ1) is 8.13. The zero-order chi connectivity index (χ0) is 12.4. The summed E-state index contributed by atoms with van der Waals surface area (Å²) in [6.07, 6.45) is 3.54. The van der Waals surface area contributed by atoms with Crippen LogP contribution in [-0.4, -0.2) is 24.2 Å². The first-order valence-electron chi connectivity index (χ1n) is 5.79. The number of hydrogen-bond donors (Lipinski definition) is 2. The van der Waals surface area contributed by atoms with E-state index in [1.54, 1.807) is 7.11 Å². The molecule has 1 aromatic rings. The molecule has 1 atom stereocenters. The van der Waals surface area contributed by atoms with Crippen LogP contribution < -0.4 is 10.5 Å². The molecular formula is C13H17NO3. The van der Waals surface area contributed by atoms with Crippen molar-refractivity contribution in [1.82, 2.24) is 0 Å². The van der Waals surface area contributed by atoms with Gasteiger partial charge in [0.2, 0.25) is 0 Å². The maximum Gasteiger partial charge on any atom is 0.320 e. The Labute approximate surface area is 100 Å². The minimum atomic E-state index is -0.979. The fourth-order valence-electron chi connectivity index (χ4n) is 2.42. The average molecular weight is 235 g/mol. The molecule has 0 saturated carbocycles. The van der Waals surface area contributed by atoms with Crippen LogP contribution in [0.2, 0.25) is 0 Å². The highest BCUT2D eigenvalue weighted by molar-refractivity contribution is 5.73. The van der Waals surface area contributed by atoms with Gasteiger partial charge < -0.3 is 15.6 Å². The number of methoxy groups -OCH3 is 1. The van der Waals surface area contributed by atoms with Crippen molar-refractivity contribution in [3.05, 3.63) is 28.8 Å². The van der Waals surface area contributed by atoms with E-state index in [9.17, 15) is 4.79 Å². The van der Waals surface area contributed by atoms with Gasteiger partial charge in [-0.1, -0.05) is 12.1 Å². The Morgan fingerprint density at radius 3 is 2.94 bits per heavy atom. The third-order valence-electron chi connectivity index (χ3n) is 3.27. The second-order valence-electron chi connectivity index (χ2n) is 4.40. The lowest BCUT2D eigenvalue weighted by Crippen LogP contribution is -2.32. The van der Waals surface area contributed by atoms with Crippen molar-refractivity contribution in [2.75, 3.05) is 7.11 Å². The summed E-state index contributed by atoms with van der Waals surface area (Å²) < 4.78 is 5.42. The second-order valence-corrected chi connectivity index (χ2v) is 4.40. The van der Waals surface area contributed by atoms with E-state index < -0.39 is 12.0 Å². The summed E-state index contributed by atoms with van der Waals surface area (Å²) in [5, 5.41) is 8.83. The maximum atomic E-state index is 10.8. The Morgan fingerprint density at radius 1 is 1.53 bits per heavy atom. The van der Waals surface area contributed by atoms with Gasteiger partial charge >= 0.3 is 5.97 Å². The van der Waals surface area contributed by atoms with Gasteiger partial charge in [0.15, 0.2) is 0 Å². The number of rotatable bonds is 4. The maximum absolute atomic E-state index is 10.8. The summed E-state index contributed by atoms with van der Waals surface area (Å²) in [5.74, 6) is -0.149. The highest BCUT2D eigenvalue weighted by Crippen LogP contribution is 2.34. The molecule has 17 heavy (non-hydrogen) atoms. The molecule has 1 aliphatic rings. The van der Waals surface area contributed by atoms with Crippen LogP contribution in [0.15, 0.2) is 12.1 Å². The van der Waals surface area contributed by atoms with Crippen LogP contribution >= 0.6 is 0 Å². The first kappa shape index (κ1) is 11.9. The van der Waals surface area contributed by atoms with Crippen molar-refractivity contribution < 1.29 is 14.6 Å². The number of carbonyl (C=O) groups is 1. The van der Waals surface area contributed by atoms with Crippen LogP contribution in [-0.2, 0) is 24.1 Å². The molecule has 0 spiro atoms. The Bertz CT molecular complexity index is 443. The molecule has 4 heteroatoms. The second kappa shape index (κ2) is 4.75. The summed E-state index contributed by atoms with van der Waals surface area (Å²) in [6, 6.07) is 3.13. The topological polar surface area (TPSA) is 72.5 Å². The van der Waals surface area contributed by atoms with Crippen molar-refractivity contribution in [2.24, 2.45) is 5.73 Å². The molecule has 0 heterocycles. The lowest BCUT2D eigenvalue weighted by molar-refractivity contribution is -0.138. The van der Waals surface area contributed by atoms with Crippen molar-refractivity contribution >= 4 is 5.97 Å². The van der Waals surface area contributed by atoms with E-state index in [4.69, 9.17) is 15.6 Å². The zero-order valence-electron chi connectivity index (χ0n) is 9.90. The van der Waals surface area contributed by atoms with Crippen LogP contribution in [0, 0.1) is 0 Å². The Morgan fingerprint density at radius 2 is 2.29 bits per heavy atom.